The van der Waals surface area contributed by atoms with Crippen LogP contribution < -0.4 is 0 Å². The number of esters is 1. The molecule has 2 saturated carbocycles. The molecule has 130 valence electrons. The lowest BCUT2D eigenvalue weighted by molar-refractivity contribution is -0.172. The van der Waals surface area contributed by atoms with Gasteiger partial charge in [-0.1, -0.05) is 19.9 Å². The summed E-state index contributed by atoms with van der Waals surface area (Å²) in [6, 6.07) is 2.07. The SMILES string of the molecule is C=C1c2ccoc2CC2C1CCC1C(C)(C(=O)OC)CCCC21C. The van der Waals surface area contributed by atoms with E-state index in [0.717, 1.165) is 37.9 Å². The molecule has 0 bridgehead atoms. The fourth-order valence-electron chi connectivity index (χ4n) is 6.47. The van der Waals surface area contributed by atoms with E-state index in [0.29, 0.717) is 17.8 Å². The van der Waals surface area contributed by atoms with Crippen molar-refractivity contribution in [3.8, 4) is 0 Å². The monoisotopic (exact) mass is 328 g/mol. The van der Waals surface area contributed by atoms with Gasteiger partial charge in [-0.15, -0.1) is 0 Å². The van der Waals surface area contributed by atoms with Gasteiger partial charge in [0.05, 0.1) is 18.8 Å². The number of rotatable bonds is 1. The molecule has 3 aliphatic carbocycles. The highest BCUT2D eigenvalue weighted by Gasteiger charge is 2.60. The molecule has 0 saturated heterocycles. The summed E-state index contributed by atoms with van der Waals surface area (Å²) in [5.74, 6) is 2.50. The van der Waals surface area contributed by atoms with E-state index in [9.17, 15) is 4.79 Å². The largest absolute Gasteiger partial charge is 0.469 e. The second kappa shape index (κ2) is 5.24. The first kappa shape index (κ1) is 16.0. The van der Waals surface area contributed by atoms with Gasteiger partial charge in [-0.2, -0.15) is 0 Å². The molecule has 5 unspecified atom stereocenters. The Labute approximate surface area is 144 Å². The zero-order chi connectivity index (χ0) is 17.1. The van der Waals surface area contributed by atoms with E-state index in [4.69, 9.17) is 9.15 Å². The predicted octanol–water partition coefficient (Wildman–Crippen LogP) is 4.86. The van der Waals surface area contributed by atoms with Crippen LogP contribution in [0, 0.1) is 28.6 Å². The van der Waals surface area contributed by atoms with Gasteiger partial charge in [0.25, 0.3) is 0 Å². The standard InChI is InChI=1S/C21H28O3/c1-13-14-6-7-18-20(2,9-5-10-21(18,3)19(22)23-4)16(14)12-17-15(13)8-11-24-17/h8,11,14,16,18H,1,5-7,9-10,12H2,2-4H3. The Kier molecular flexibility index (Phi) is 3.49. The minimum Gasteiger partial charge on any atom is -0.469 e. The predicted molar refractivity (Wildman–Crippen MR) is 93.2 cm³/mol. The zero-order valence-electron chi connectivity index (χ0n) is 15.1. The van der Waals surface area contributed by atoms with Crippen molar-refractivity contribution in [3.63, 3.8) is 0 Å². The summed E-state index contributed by atoms with van der Waals surface area (Å²) >= 11 is 0. The molecule has 0 aliphatic heterocycles. The molecule has 1 aromatic heterocycles. The molecule has 24 heavy (non-hydrogen) atoms. The highest BCUT2D eigenvalue weighted by molar-refractivity contribution is 5.77. The maximum absolute atomic E-state index is 12.6. The van der Waals surface area contributed by atoms with Gasteiger partial charge < -0.3 is 9.15 Å². The molecule has 2 fully saturated rings. The number of carbonyl (C=O) groups excluding carboxylic acids is 1. The summed E-state index contributed by atoms with van der Waals surface area (Å²) in [5, 5.41) is 0. The molecular weight excluding hydrogens is 300 g/mol. The molecule has 1 aromatic rings. The first-order valence-electron chi connectivity index (χ1n) is 9.26. The van der Waals surface area contributed by atoms with Gasteiger partial charge in [0.2, 0.25) is 0 Å². The molecular formula is C21H28O3. The van der Waals surface area contributed by atoms with Gasteiger partial charge in [0.15, 0.2) is 0 Å². The Balaban J connectivity index is 1.75. The number of fused-ring (bicyclic) bond motifs is 4. The molecule has 1 heterocycles. The smallest absolute Gasteiger partial charge is 0.311 e. The molecule has 0 spiro atoms. The summed E-state index contributed by atoms with van der Waals surface area (Å²) in [5.41, 5.74) is 2.28. The van der Waals surface area contributed by atoms with Gasteiger partial charge in [0.1, 0.15) is 5.76 Å². The molecule has 3 nitrogen and oxygen atoms in total. The van der Waals surface area contributed by atoms with Crippen LogP contribution in [0.25, 0.3) is 5.57 Å². The fraction of sp³-hybridized carbons (Fsp3) is 0.667. The summed E-state index contributed by atoms with van der Waals surface area (Å²) in [6.07, 6.45) is 8.23. The maximum Gasteiger partial charge on any atom is 0.311 e. The van der Waals surface area contributed by atoms with Crippen molar-refractivity contribution < 1.29 is 13.9 Å². The van der Waals surface area contributed by atoms with Gasteiger partial charge >= 0.3 is 5.97 Å². The van der Waals surface area contributed by atoms with Gasteiger partial charge in [-0.3, -0.25) is 4.79 Å². The highest BCUT2D eigenvalue weighted by atomic mass is 16.5. The third kappa shape index (κ3) is 1.93. The second-order valence-corrected chi connectivity index (χ2v) is 8.60. The third-order valence-corrected chi connectivity index (χ3v) is 7.67. The summed E-state index contributed by atoms with van der Waals surface area (Å²) in [6.45, 7) is 8.97. The van der Waals surface area contributed by atoms with Crippen molar-refractivity contribution in [2.24, 2.45) is 28.6 Å². The first-order chi connectivity index (χ1) is 11.4. The highest BCUT2D eigenvalue weighted by Crippen LogP contribution is 2.64. The van der Waals surface area contributed by atoms with E-state index < -0.39 is 0 Å². The third-order valence-electron chi connectivity index (χ3n) is 7.67. The van der Waals surface area contributed by atoms with Gasteiger partial charge in [-0.05, 0) is 67.4 Å². The quantitative estimate of drug-likeness (QED) is 0.691. The van der Waals surface area contributed by atoms with E-state index in [1.54, 1.807) is 6.26 Å². The molecule has 0 radical (unpaired) electrons. The van der Waals surface area contributed by atoms with Crippen molar-refractivity contribution in [2.75, 3.05) is 7.11 Å². The van der Waals surface area contributed by atoms with Gasteiger partial charge in [-0.25, -0.2) is 0 Å². The topological polar surface area (TPSA) is 39.4 Å². The number of hydrogen-bond acceptors (Lipinski definition) is 3. The van der Waals surface area contributed by atoms with Crippen LogP contribution in [-0.2, 0) is 16.0 Å². The normalized spacial score (nSPS) is 41.1. The zero-order valence-corrected chi connectivity index (χ0v) is 15.1. The van der Waals surface area contributed by atoms with Crippen LogP contribution in [0.3, 0.4) is 0 Å². The lowest BCUT2D eigenvalue weighted by atomic mass is 9.44. The first-order valence-corrected chi connectivity index (χ1v) is 9.26. The molecule has 0 amide bonds. The Morgan fingerprint density at radius 1 is 1.33 bits per heavy atom. The number of methoxy groups -OCH3 is 1. The van der Waals surface area contributed by atoms with Crippen molar-refractivity contribution >= 4 is 11.5 Å². The van der Waals surface area contributed by atoms with Crippen molar-refractivity contribution in [2.45, 2.75) is 52.4 Å². The van der Waals surface area contributed by atoms with E-state index in [1.807, 2.05) is 0 Å². The van der Waals surface area contributed by atoms with Crippen LogP contribution in [-0.4, -0.2) is 13.1 Å². The lowest BCUT2D eigenvalue weighted by Gasteiger charge is -2.60. The maximum atomic E-state index is 12.6. The number of carbonyl (C=O) groups is 1. The van der Waals surface area contributed by atoms with E-state index in [1.165, 1.54) is 24.7 Å². The molecule has 3 aliphatic rings. The van der Waals surface area contributed by atoms with Crippen LogP contribution in [0.1, 0.15) is 57.3 Å². The Hall–Kier alpha value is -1.51. The van der Waals surface area contributed by atoms with Crippen molar-refractivity contribution in [1.29, 1.82) is 0 Å². The van der Waals surface area contributed by atoms with Crippen LogP contribution in [0.2, 0.25) is 0 Å². The molecule has 5 atom stereocenters. The van der Waals surface area contributed by atoms with E-state index >= 15 is 0 Å². The summed E-state index contributed by atoms with van der Waals surface area (Å²) in [7, 11) is 1.53. The Bertz CT molecular complexity index is 687. The number of hydrogen-bond donors (Lipinski definition) is 0. The Morgan fingerprint density at radius 2 is 2.12 bits per heavy atom. The second-order valence-electron chi connectivity index (χ2n) is 8.60. The molecule has 4 rings (SSSR count). The average molecular weight is 328 g/mol. The van der Waals surface area contributed by atoms with E-state index in [-0.39, 0.29) is 16.8 Å². The van der Waals surface area contributed by atoms with Gasteiger partial charge in [0, 0.05) is 12.0 Å². The van der Waals surface area contributed by atoms with E-state index in [2.05, 4.69) is 26.5 Å². The van der Waals surface area contributed by atoms with Crippen LogP contribution in [0.15, 0.2) is 23.3 Å². The average Bonchev–Trinajstić information content (AvgIpc) is 3.03. The van der Waals surface area contributed by atoms with Crippen LogP contribution >= 0.6 is 0 Å². The molecule has 0 N–H and O–H groups in total. The van der Waals surface area contributed by atoms with Crippen molar-refractivity contribution in [1.82, 2.24) is 0 Å². The van der Waals surface area contributed by atoms with Crippen molar-refractivity contribution in [3.05, 3.63) is 30.2 Å². The summed E-state index contributed by atoms with van der Waals surface area (Å²) in [4.78, 5) is 12.6. The number of furan rings is 1. The van der Waals surface area contributed by atoms with Crippen LogP contribution in [0.4, 0.5) is 0 Å². The minimum absolute atomic E-state index is 0.0230. The molecule has 3 heteroatoms. The fourth-order valence-corrected chi connectivity index (χ4v) is 6.47. The molecule has 0 aromatic carbocycles. The minimum atomic E-state index is -0.350. The van der Waals surface area contributed by atoms with Crippen LogP contribution in [0.5, 0.6) is 0 Å². The number of ether oxygens (including phenoxy) is 1. The summed E-state index contributed by atoms with van der Waals surface area (Å²) < 4.78 is 11.0. The Morgan fingerprint density at radius 3 is 2.88 bits per heavy atom. The number of allylic oxidation sites excluding steroid dienone is 1. The lowest BCUT2D eigenvalue weighted by Crippen LogP contribution is -2.56.